The monoisotopic (exact) mass is 403 g/mol. The molecule has 0 unspecified atom stereocenters. The number of rotatable bonds is 9. The fourth-order valence-electron chi connectivity index (χ4n) is 4.33. The van der Waals surface area contributed by atoms with Gasteiger partial charge >= 0.3 is 0 Å². The zero-order valence-electron chi connectivity index (χ0n) is 17.1. The van der Waals surface area contributed by atoms with Gasteiger partial charge in [-0.25, -0.2) is 0 Å². The molecule has 1 fully saturated rings. The third-order valence-corrected chi connectivity index (χ3v) is 8.75. The van der Waals surface area contributed by atoms with Crippen LogP contribution in [0.15, 0.2) is 91.0 Å². The lowest BCUT2D eigenvalue weighted by atomic mass is 10.0. The summed E-state index contributed by atoms with van der Waals surface area (Å²) in [7, 11) is -2.96. The van der Waals surface area contributed by atoms with E-state index in [-0.39, 0.29) is 6.04 Å². The van der Waals surface area contributed by atoms with Crippen LogP contribution in [0.2, 0.25) is 0 Å². The molecule has 3 atom stereocenters. The fraction of sp³-hybridized carbons (Fsp3) is 0.308. The Labute approximate surface area is 174 Å². The summed E-state index contributed by atoms with van der Waals surface area (Å²) >= 11 is 0. The highest BCUT2D eigenvalue weighted by Crippen LogP contribution is 2.54. The summed E-state index contributed by atoms with van der Waals surface area (Å²) in [6, 6.07) is 30.5. The Morgan fingerprint density at radius 2 is 1.38 bits per heavy atom. The molecule has 0 amide bonds. The topological polar surface area (TPSA) is 29.1 Å². The quantitative estimate of drug-likeness (QED) is 0.439. The molecule has 2 nitrogen and oxygen atoms in total. The molecule has 150 valence electrons. The Bertz CT molecular complexity index is 899. The number of hydrogen-bond acceptors (Lipinski definition) is 1. The SMILES string of the molecule is CCCC[C@@H]1C[C@H]1[C@H](NP(=O)(c1ccccc1)c1ccccc1)c1ccccc1. The molecule has 1 aliphatic carbocycles. The van der Waals surface area contributed by atoms with Gasteiger partial charge in [0.25, 0.3) is 0 Å². The minimum Gasteiger partial charge on any atom is -0.297 e. The molecule has 3 heteroatoms. The maximum atomic E-state index is 14.5. The molecular weight excluding hydrogens is 373 g/mol. The summed E-state index contributed by atoms with van der Waals surface area (Å²) in [5, 5.41) is 5.45. The summed E-state index contributed by atoms with van der Waals surface area (Å²) in [6.07, 6.45) is 5.00. The Morgan fingerprint density at radius 3 is 1.90 bits per heavy atom. The number of benzene rings is 3. The van der Waals surface area contributed by atoms with Gasteiger partial charge in [-0.15, -0.1) is 0 Å². The van der Waals surface area contributed by atoms with Crippen molar-refractivity contribution in [3.8, 4) is 0 Å². The van der Waals surface area contributed by atoms with Gasteiger partial charge in [-0.3, -0.25) is 9.65 Å². The van der Waals surface area contributed by atoms with Gasteiger partial charge in [0.15, 0.2) is 0 Å². The van der Waals surface area contributed by atoms with E-state index in [2.05, 4.69) is 42.3 Å². The molecule has 3 aromatic rings. The van der Waals surface area contributed by atoms with Crippen LogP contribution >= 0.6 is 7.29 Å². The molecule has 0 heterocycles. The highest BCUT2D eigenvalue weighted by atomic mass is 31.2. The van der Waals surface area contributed by atoms with Crippen molar-refractivity contribution in [2.24, 2.45) is 11.8 Å². The molecular formula is C26H30NOP. The summed E-state index contributed by atoms with van der Waals surface area (Å²) in [5.41, 5.74) is 1.24. The van der Waals surface area contributed by atoms with Crippen LogP contribution in [0.4, 0.5) is 0 Å². The molecule has 0 bridgehead atoms. The molecule has 0 spiro atoms. The van der Waals surface area contributed by atoms with Crippen molar-refractivity contribution in [3.05, 3.63) is 96.6 Å². The van der Waals surface area contributed by atoms with Gasteiger partial charge in [0.2, 0.25) is 7.29 Å². The summed E-state index contributed by atoms with van der Waals surface area (Å²) < 4.78 is 14.5. The third kappa shape index (κ3) is 4.55. The number of nitrogens with one attached hydrogen (secondary N) is 1. The Kier molecular flexibility index (Phi) is 6.33. The first-order chi connectivity index (χ1) is 14.2. The first-order valence-electron chi connectivity index (χ1n) is 10.8. The van der Waals surface area contributed by atoms with Crippen LogP contribution in [0.25, 0.3) is 0 Å². The van der Waals surface area contributed by atoms with Crippen LogP contribution in [0, 0.1) is 11.8 Å². The van der Waals surface area contributed by atoms with Crippen LogP contribution < -0.4 is 15.7 Å². The number of hydrogen-bond donors (Lipinski definition) is 1. The normalized spacial score (nSPS) is 19.6. The van der Waals surface area contributed by atoms with Gasteiger partial charge in [0, 0.05) is 16.7 Å². The predicted molar refractivity (Wildman–Crippen MR) is 123 cm³/mol. The minimum atomic E-state index is -2.96. The Morgan fingerprint density at radius 1 is 0.862 bits per heavy atom. The molecule has 0 radical (unpaired) electrons. The van der Waals surface area contributed by atoms with Gasteiger partial charge < -0.3 is 0 Å². The van der Waals surface area contributed by atoms with Gasteiger partial charge in [0.05, 0.1) is 0 Å². The molecule has 0 aliphatic heterocycles. The zero-order chi connectivity index (χ0) is 20.1. The lowest BCUT2D eigenvalue weighted by Crippen LogP contribution is -2.32. The zero-order valence-corrected chi connectivity index (χ0v) is 18.0. The molecule has 1 aliphatic rings. The maximum Gasteiger partial charge on any atom is 0.205 e. The molecule has 29 heavy (non-hydrogen) atoms. The van der Waals surface area contributed by atoms with E-state index >= 15 is 0 Å². The Balaban J connectivity index is 1.71. The first-order valence-corrected chi connectivity index (χ1v) is 12.5. The van der Waals surface area contributed by atoms with Crippen LogP contribution in [-0.2, 0) is 4.57 Å². The molecule has 3 aromatic carbocycles. The largest absolute Gasteiger partial charge is 0.297 e. The fourth-order valence-corrected chi connectivity index (χ4v) is 6.84. The third-order valence-electron chi connectivity index (χ3n) is 6.05. The van der Waals surface area contributed by atoms with Crippen LogP contribution in [0.5, 0.6) is 0 Å². The summed E-state index contributed by atoms with van der Waals surface area (Å²) in [4.78, 5) is 0. The molecule has 0 aromatic heterocycles. The van der Waals surface area contributed by atoms with Gasteiger partial charge in [-0.05, 0) is 48.1 Å². The molecule has 0 saturated heterocycles. The predicted octanol–water partition coefficient (Wildman–Crippen LogP) is 6.07. The number of unbranched alkanes of at least 4 members (excludes halogenated alkanes) is 1. The van der Waals surface area contributed by atoms with Crippen molar-refractivity contribution >= 4 is 17.9 Å². The van der Waals surface area contributed by atoms with E-state index in [1.165, 1.54) is 31.2 Å². The minimum absolute atomic E-state index is 0.101. The molecule has 1 saturated carbocycles. The van der Waals surface area contributed by atoms with Crippen molar-refractivity contribution in [3.63, 3.8) is 0 Å². The van der Waals surface area contributed by atoms with Gasteiger partial charge in [0.1, 0.15) is 0 Å². The first kappa shape index (κ1) is 20.1. The van der Waals surface area contributed by atoms with Crippen molar-refractivity contribution in [2.45, 2.75) is 38.6 Å². The van der Waals surface area contributed by atoms with Gasteiger partial charge in [-0.2, -0.15) is 0 Å². The maximum absolute atomic E-state index is 14.5. The second kappa shape index (κ2) is 9.11. The van der Waals surface area contributed by atoms with Crippen LogP contribution in [-0.4, -0.2) is 0 Å². The van der Waals surface area contributed by atoms with E-state index < -0.39 is 7.29 Å². The highest BCUT2D eigenvalue weighted by molar-refractivity contribution is 7.76. The highest BCUT2D eigenvalue weighted by Gasteiger charge is 2.45. The summed E-state index contributed by atoms with van der Waals surface area (Å²) in [5.74, 6) is 1.28. The average Bonchev–Trinajstić information content (AvgIpc) is 3.57. The lowest BCUT2D eigenvalue weighted by Gasteiger charge is -2.28. The van der Waals surface area contributed by atoms with E-state index in [0.29, 0.717) is 5.92 Å². The lowest BCUT2D eigenvalue weighted by molar-refractivity contribution is 0.496. The standard InChI is InChI=1S/C26H30NOP/c1-2-3-13-22-20-25(22)26(21-14-7-4-8-15-21)27-29(28,23-16-9-5-10-17-23)24-18-11-6-12-19-24/h4-12,14-19,22,25-26H,2-3,13,20H2,1H3,(H,27,28)/t22-,25-,26-/m1/s1. The second-order valence-electron chi connectivity index (χ2n) is 8.10. The average molecular weight is 404 g/mol. The van der Waals surface area contributed by atoms with E-state index in [9.17, 15) is 4.57 Å². The van der Waals surface area contributed by atoms with Crippen molar-refractivity contribution in [2.75, 3.05) is 0 Å². The van der Waals surface area contributed by atoms with Crippen LogP contribution in [0.3, 0.4) is 0 Å². The van der Waals surface area contributed by atoms with Gasteiger partial charge in [-0.1, -0.05) is 92.9 Å². The van der Waals surface area contributed by atoms with E-state index in [4.69, 9.17) is 0 Å². The van der Waals surface area contributed by atoms with Crippen molar-refractivity contribution in [1.82, 2.24) is 5.09 Å². The molecule has 1 N–H and O–H groups in total. The molecule has 4 rings (SSSR count). The van der Waals surface area contributed by atoms with E-state index in [1.54, 1.807) is 0 Å². The van der Waals surface area contributed by atoms with Crippen molar-refractivity contribution < 1.29 is 4.57 Å². The van der Waals surface area contributed by atoms with Crippen LogP contribution in [0.1, 0.15) is 44.2 Å². The summed E-state index contributed by atoms with van der Waals surface area (Å²) in [6.45, 7) is 2.25. The smallest absolute Gasteiger partial charge is 0.205 e. The van der Waals surface area contributed by atoms with E-state index in [0.717, 1.165) is 16.5 Å². The van der Waals surface area contributed by atoms with Crippen molar-refractivity contribution in [1.29, 1.82) is 0 Å². The Hall–Kier alpha value is -2.15. The second-order valence-corrected chi connectivity index (χ2v) is 10.6. The van der Waals surface area contributed by atoms with E-state index in [1.807, 2.05) is 60.7 Å².